The second-order valence-corrected chi connectivity index (χ2v) is 7.67. The molecule has 1 fully saturated rings. The minimum Gasteiger partial charge on any atom is -0.481 e. The van der Waals surface area contributed by atoms with Gasteiger partial charge in [-0.1, -0.05) is 39.8 Å². The molecule has 0 aromatic heterocycles. The highest BCUT2D eigenvalue weighted by atomic mass is 16.4. The van der Waals surface area contributed by atoms with E-state index in [1.165, 1.54) is 0 Å². The Morgan fingerprint density at radius 3 is 2.14 bits per heavy atom. The predicted octanol–water partition coefficient (Wildman–Crippen LogP) is 3.43. The van der Waals surface area contributed by atoms with Gasteiger partial charge in [0, 0.05) is 5.41 Å². The van der Waals surface area contributed by atoms with Crippen molar-refractivity contribution in [1.82, 2.24) is 0 Å². The molecule has 0 aromatic rings. The second-order valence-electron chi connectivity index (χ2n) is 7.67. The van der Waals surface area contributed by atoms with E-state index in [0.29, 0.717) is 18.8 Å². The summed E-state index contributed by atoms with van der Waals surface area (Å²) in [5.74, 6) is -2.35. The number of carboxylic acid groups (broad SMARTS) is 2. The maximum absolute atomic E-state index is 12.3. The zero-order chi connectivity index (χ0) is 16.0. The topological polar surface area (TPSA) is 74.6 Å². The molecular weight excluding hydrogens is 268 g/mol. The summed E-state index contributed by atoms with van der Waals surface area (Å²) in [7, 11) is 0. The van der Waals surface area contributed by atoms with Crippen molar-refractivity contribution in [2.75, 3.05) is 0 Å². The number of rotatable bonds is 6. The van der Waals surface area contributed by atoms with Crippen LogP contribution >= 0.6 is 0 Å². The molecule has 4 heteroatoms. The quantitative estimate of drug-likeness (QED) is 0.736. The number of hydrogen-bond acceptors (Lipinski definition) is 2. The molecule has 2 rings (SSSR count). The van der Waals surface area contributed by atoms with Crippen molar-refractivity contribution in [1.29, 1.82) is 0 Å². The first-order valence-electron chi connectivity index (χ1n) is 7.82. The van der Waals surface area contributed by atoms with Crippen molar-refractivity contribution in [3.05, 3.63) is 12.2 Å². The number of allylic oxidation sites excluding steroid dienone is 2. The molecule has 0 radical (unpaired) electrons. The van der Waals surface area contributed by atoms with Gasteiger partial charge in [-0.05, 0) is 37.0 Å². The summed E-state index contributed by atoms with van der Waals surface area (Å²) in [6.45, 7) is 8.10. The van der Waals surface area contributed by atoms with Crippen LogP contribution in [0, 0.1) is 34.5 Å². The van der Waals surface area contributed by atoms with Crippen molar-refractivity contribution in [2.24, 2.45) is 34.5 Å². The van der Waals surface area contributed by atoms with Crippen molar-refractivity contribution in [2.45, 2.75) is 47.0 Å². The minimum atomic E-state index is -1.17. The smallest absolute Gasteiger partial charge is 0.311 e. The van der Waals surface area contributed by atoms with Crippen LogP contribution < -0.4 is 0 Å². The van der Waals surface area contributed by atoms with E-state index in [4.69, 9.17) is 0 Å². The number of aliphatic carboxylic acids is 2. The normalized spacial score (nSPS) is 37.6. The van der Waals surface area contributed by atoms with Gasteiger partial charge in [0.05, 0.1) is 11.3 Å². The molecule has 0 aliphatic heterocycles. The van der Waals surface area contributed by atoms with E-state index < -0.39 is 28.7 Å². The van der Waals surface area contributed by atoms with E-state index in [1.54, 1.807) is 0 Å². The lowest BCUT2D eigenvalue weighted by Crippen LogP contribution is -2.52. The molecule has 0 saturated heterocycles. The van der Waals surface area contributed by atoms with E-state index in [-0.39, 0.29) is 11.8 Å². The minimum absolute atomic E-state index is 0.143. The Bertz CT molecular complexity index is 479. The third-order valence-electron chi connectivity index (χ3n) is 5.26. The average Bonchev–Trinajstić information content (AvgIpc) is 2.80. The fourth-order valence-electron chi connectivity index (χ4n) is 4.96. The van der Waals surface area contributed by atoms with E-state index in [9.17, 15) is 19.8 Å². The first-order valence-corrected chi connectivity index (χ1v) is 7.82. The lowest BCUT2D eigenvalue weighted by Gasteiger charge is -2.46. The van der Waals surface area contributed by atoms with Crippen molar-refractivity contribution in [3.8, 4) is 0 Å². The van der Waals surface area contributed by atoms with Crippen LogP contribution in [0.5, 0.6) is 0 Å². The molecule has 1 saturated carbocycles. The Morgan fingerprint density at radius 1 is 1.14 bits per heavy atom. The van der Waals surface area contributed by atoms with Gasteiger partial charge in [-0.15, -0.1) is 0 Å². The van der Waals surface area contributed by atoms with Crippen LogP contribution in [-0.4, -0.2) is 22.2 Å². The molecule has 0 heterocycles. The van der Waals surface area contributed by atoms with Crippen LogP contribution in [0.25, 0.3) is 0 Å². The Labute approximate surface area is 126 Å². The molecule has 21 heavy (non-hydrogen) atoms. The highest BCUT2D eigenvalue weighted by molar-refractivity contribution is 5.87. The van der Waals surface area contributed by atoms with Crippen LogP contribution in [0.3, 0.4) is 0 Å². The standard InChI is InChI=1S/C17H26O4/c1-10(2)7-16-6-5-12(9-16)13(14(18)19)17(16,15(20)21)8-11(3)4/h5-6,10-13H,7-9H2,1-4H3,(H,18,19)(H,20,21). The zero-order valence-electron chi connectivity index (χ0n) is 13.3. The second kappa shape index (κ2) is 5.15. The van der Waals surface area contributed by atoms with Gasteiger partial charge in [0.2, 0.25) is 0 Å². The van der Waals surface area contributed by atoms with Gasteiger partial charge < -0.3 is 10.2 Å². The Balaban J connectivity index is 2.60. The van der Waals surface area contributed by atoms with Gasteiger partial charge in [0.1, 0.15) is 0 Å². The molecular formula is C17H26O4. The summed E-state index contributed by atoms with van der Waals surface area (Å²) in [6.07, 6.45) is 5.80. The zero-order valence-corrected chi connectivity index (χ0v) is 13.3. The van der Waals surface area contributed by atoms with Crippen LogP contribution in [0.4, 0.5) is 0 Å². The van der Waals surface area contributed by atoms with E-state index >= 15 is 0 Å². The number of fused-ring (bicyclic) bond motifs is 2. The maximum atomic E-state index is 12.3. The van der Waals surface area contributed by atoms with Crippen molar-refractivity contribution >= 4 is 11.9 Å². The molecule has 0 amide bonds. The Hall–Kier alpha value is -1.32. The molecule has 118 valence electrons. The summed E-state index contributed by atoms with van der Waals surface area (Å²) in [5, 5.41) is 19.7. The first kappa shape index (κ1) is 16.1. The molecule has 2 N–H and O–H groups in total. The molecule has 2 aliphatic rings. The fraction of sp³-hybridized carbons (Fsp3) is 0.765. The fourth-order valence-corrected chi connectivity index (χ4v) is 4.96. The molecule has 2 bridgehead atoms. The maximum Gasteiger partial charge on any atom is 0.311 e. The summed E-state index contributed by atoms with van der Waals surface area (Å²) in [5.41, 5.74) is -1.68. The Morgan fingerprint density at radius 2 is 1.71 bits per heavy atom. The predicted molar refractivity (Wildman–Crippen MR) is 79.8 cm³/mol. The molecule has 4 atom stereocenters. The largest absolute Gasteiger partial charge is 0.481 e. The van der Waals surface area contributed by atoms with Gasteiger partial charge >= 0.3 is 11.9 Å². The van der Waals surface area contributed by atoms with Gasteiger partial charge in [-0.3, -0.25) is 9.59 Å². The highest BCUT2D eigenvalue weighted by Gasteiger charge is 2.70. The molecule has 2 aliphatic carbocycles. The van der Waals surface area contributed by atoms with Crippen molar-refractivity contribution < 1.29 is 19.8 Å². The summed E-state index contributed by atoms with van der Waals surface area (Å²) < 4.78 is 0. The van der Waals surface area contributed by atoms with E-state index in [2.05, 4.69) is 13.8 Å². The molecule has 4 nitrogen and oxygen atoms in total. The number of carbonyl (C=O) groups is 2. The summed E-state index contributed by atoms with van der Waals surface area (Å²) in [4.78, 5) is 24.1. The van der Waals surface area contributed by atoms with Gasteiger partial charge in [0.25, 0.3) is 0 Å². The van der Waals surface area contributed by atoms with Crippen LogP contribution in [0.1, 0.15) is 47.0 Å². The van der Waals surface area contributed by atoms with Crippen LogP contribution in [0.2, 0.25) is 0 Å². The lowest BCUT2D eigenvalue weighted by molar-refractivity contribution is -0.170. The first-order chi connectivity index (χ1) is 9.66. The summed E-state index contributed by atoms with van der Waals surface area (Å²) >= 11 is 0. The van der Waals surface area contributed by atoms with Gasteiger partial charge in [-0.25, -0.2) is 0 Å². The SMILES string of the molecule is CC(C)CC12C=CC(C1)C(C(=O)O)C2(CC(C)C)C(=O)O. The van der Waals surface area contributed by atoms with Crippen LogP contribution in [-0.2, 0) is 9.59 Å². The van der Waals surface area contributed by atoms with Gasteiger partial charge in [-0.2, -0.15) is 0 Å². The third kappa shape index (κ3) is 2.19. The van der Waals surface area contributed by atoms with E-state index in [1.807, 2.05) is 26.0 Å². The summed E-state index contributed by atoms with van der Waals surface area (Å²) in [6, 6.07) is 0. The van der Waals surface area contributed by atoms with Gasteiger partial charge in [0.15, 0.2) is 0 Å². The van der Waals surface area contributed by atoms with Crippen molar-refractivity contribution in [3.63, 3.8) is 0 Å². The molecule has 0 spiro atoms. The van der Waals surface area contributed by atoms with Crippen LogP contribution in [0.15, 0.2) is 12.2 Å². The highest BCUT2D eigenvalue weighted by Crippen LogP contribution is 2.68. The third-order valence-corrected chi connectivity index (χ3v) is 5.26. The monoisotopic (exact) mass is 294 g/mol. The lowest BCUT2D eigenvalue weighted by atomic mass is 9.55. The average molecular weight is 294 g/mol. The number of hydrogen-bond donors (Lipinski definition) is 2. The molecule has 0 aromatic carbocycles. The Kier molecular flexibility index (Phi) is 3.94. The number of carboxylic acids is 2. The van der Waals surface area contributed by atoms with E-state index in [0.717, 1.165) is 6.42 Å². The molecule has 4 unspecified atom stereocenters.